The number of carboxylic acid groups (broad SMARTS) is 1. The van der Waals surface area contributed by atoms with Crippen LogP contribution >= 0.6 is 11.6 Å². The molecule has 0 aliphatic carbocycles. The Labute approximate surface area is 270 Å². The lowest BCUT2D eigenvalue weighted by Gasteiger charge is -2.38. The fraction of sp³-hybridized carbons (Fsp3) is 0.294. The number of aromatic nitrogens is 4. The third-order valence-electron chi connectivity index (χ3n) is 8.88. The van der Waals surface area contributed by atoms with Crippen LogP contribution in [0, 0.1) is 5.82 Å². The van der Waals surface area contributed by atoms with Gasteiger partial charge in [0.05, 0.1) is 16.3 Å². The van der Waals surface area contributed by atoms with Crippen LogP contribution in [0.25, 0.3) is 11.8 Å². The van der Waals surface area contributed by atoms with Crippen molar-refractivity contribution in [1.29, 1.82) is 0 Å². The van der Waals surface area contributed by atoms with E-state index < -0.39 is 23.7 Å². The van der Waals surface area contributed by atoms with Crippen LogP contribution in [0.3, 0.4) is 0 Å². The zero-order valence-corrected chi connectivity index (χ0v) is 25.9. The van der Waals surface area contributed by atoms with Crippen molar-refractivity contribution >= 4 is 35.3 Å². The molecular weight excluding hydrogens is 611 g/mol. The molecule has 6 rings (SSSR count). The standard InChI is InChI=1S/C34H32ClFN6O4/c1-40-16-13-22(14-17-40)24-3-2-4-26-25(24)15-18-41(33(26)30(43)19-21-5-7-23(8-6-21)34(45)46)31(44)12-9-27-29(42-20-37-38-39-42)11-10-28(35)32(27)36/h2-12,20,22,33H,13-19H2,1H3,(H,45,46)/b12-9+. The average molecular weight is 643 g/mol. The van der Waals surface area contributed by atoms with Crippen molar-refractivity contribution in [2.45, 2.75) is 37.6 Å². The molecule has 0 saturated carbocycles. The minimum absolute atomic E-state index is 0.00230. The summed E-state index contributed by atoms with van der Waals surface area (Å²) in [6, 6.07) is 14.2. The average Bonchev–Trinajstić information content (AvgIpc) is 3.60. The Kier molecular flexibility index (Phi) is 9.05. The molecule has 3 heterocycles. The van der Waals surface area contributed by atoms with Crippen molar-refractivity contribution < 1.29 is 23.9 Å². The second kappa shape index (κ2) is 13.3. The summed E-state index contributed by atoms with van der Waals surface area (Å²) in [5, 5.41) is 20.2. The zero-order chi connectivity index (χ0) is 32.4. The number of carboxylic acids is 1. The summed E-state index contributed by atoms with van der Waals surface area (Å²) in [5.41, 5.74) is 4.20. The summed E-state index contributed by atoms with van der Waals surface area (Å²) in [6.07, 6.45) is 6.50. The minimum Gasteiger partial charge on any atom is -0.478 e. The number of aromatic carboxylic acids is 1. The molecule has 0 bridgehead atoms. The molecule has 1 atom stereocenters. The molecule has 10 nitrogen and oxygen atoms in total. The second-order valence-corrected chi connectivity index (χ2v) is 12.1. The highest BCUT2D eigenvalue weighted by Crippen LogP contribution is 2.39. The smallest absolute Gasteiger partial charge is 0.335 e. The zero-order valence-electron chi connectivity index (χ0n) is 25.1. The number of ketones is 1. The van der Waals surface area contributed by atoms with E-state index in [1.54, 1.807) is 18.2 Å². The molecule has 4 aromatic rings. The first-order chi connectivity index (χ1) is 22.2. The Morgan fingerprint density at radius 1 is 1.02 bits per heavy atom. The highest BCUT2D eigenvalue weighted by molar-refractivity contribution is 6.31. The molecule has 1 amide bonds. The van der Waals surface area contributed by atoms with Gasteiger partial charge in [-0.05, 0) is 108 Å². The predicted molar refractivity (Wildman–Crippen MR) is 169 cm³/mol. The number of carbonyl (C=O) groups is 3. The first-order valence-electron chi connectivity index (χ1n) is 15.1. The van der Waals surface area contributed by atoms with E-state index in [4.69, 9.17) is 11.6 Å². The van der Waals surface area contributed by atoms with Gasteiger partial charge in [0.25, 0.3) is 0 Å². The van der Waals surface area contributed by atoms with Gasteiger partial charge in [-0.15, -0.1) is 5.10 Å². The molecule has 1 saturated heterocycles. The number of fused-ring (bicyclic) bond motifs is 1. The number of Topliss-reactive ketones (excluding diaryl/α,β-unsaturated/α-hetero) is 1. The normalized spacial score (nSPS) is 17.3. The van der Waals surface area contributed by atoms with E-state index in [0.717, 1.165) is 37.1 Å². The molecule has 1 fully saturated rings. The highest BCUT2D eigenvalue weighted by Gasteiger charge is 2.37. The molecule has 3 aromatic carbocycles. The Morgan fingerprint density at radius 2 is 1.76 bits per heavy atom. The predicted octanol–water partition coefficient (Wildman–Crippen LogP) is 4.91. The van der Waals surface area contributed by atoms with Gasteiger partial charge in [-0.1, -0.05) is 41.9 Å². The first-order valence-corrected chi connectivity index (χ1v) is 15.4. The van der Waals surface area contributed by atoms with Gasteiger partial charge in [-0.3, -0.25) is 9.59 Å². The summed E-state index contributed by atoms with van der Waals surface area (Å²) in [7, 11) is 2.12. The van der Waals surface area contributed by atoms with Gasteiger partial charge in [0.15, 0.2) is 11.6 Å². The Morgan fingerprint density at radius 3 is 2.46 bits per heavy atom. The fourth-order valence-corrected chi connectivity index (χ4v) is 6.65. The lowest BCUT2D eigenvalue weighted by molar-refractivity contribution is -0.136. The number of hydrogen-bond acceptors (Lipinski definition) is 7. The second-order valence-electron chi connectivity index (χ2n) is 11.7. The van der Waals surface area contributed by atoms with Crippen LogP contribution in [-0.2, 0) is 22.4 Å². The molecule has 236 valence electrons. The number of nitrogens with zero attached hydrogens (tertiary/aromatic N) is 6. The van der Waals surface area contributed by atoms with E-state index in [9.17, 15) is 19.5 Å². The number of hydrogen-bond donors (Lipinski definition) is 1. The number of halogens is 2. The van der Waals surface area contributed by atoms with Crippen molar-refractivity contribution in [1.82, 2.24) is 30.0 Å². The number of amides is 1. The third kappa shape index (κ3) is 6.33. The number of rotatable bonds is 8. The van der Waals surface area contributed by atoms with Crippen LogP contribution in [0.2, 0.25) is 5.02 Å². The van der Waals surface area contributed by atoms with Crippen LogP contribution < -0.4 is 0 Å². The van der Waals surface area contributed by atoms with Crippen molar-refractivity contribution in [2.24, 2.45) is 0 Å². The molecule has 1 unspecified atom stereocenters. The van der Waals surface area contributed by atoms with E-state index in [1.165, 1.54) is 51.8 Å². The van der Waals surface area contributed by atoms with Gasteiger partial charge in [-0.2, -0.15) is 4.68 Å². The van der Waals surface area contributed by atoms with E-state index in [1.807, 2.05) is 12.1 Å². The topological polar surface area (TPSA) is 122 Å². The number of benzene rings is 3. The number of carbonyl (C=O) groups excluding carboxylic acids is 2. The van der Waals surface area contributed by atoms with Gasteiger partial charge < -0.3 is 14.9 Å². The van der Waals surface area contributed by atoms with E-state index in [0.29, 0.717) is 30.1 Å². The van der Waals surface area contributed by atoms with Gasteiger partial charge in [0.2, 0.25) is 5.91 Å². The van der Waals surface area contributed by atoms with Crippen LogP contribution in [0.15, 0.2) is 67.0 Å². The summed E-state index contributed by atoms with van der Waals surface area (Å²) >= 11 is 6.08. The maximum absolute atomic E-state index is 15.2. The summed E-state index contributed by atoms with van der Waals surface area (Å²) in [6.45, 7) is 2.28. The van der Waals surface area contributed by atoms with Crippen LogP contribution in [0.4, 0.5) is 4.39 Å². The first kappa shape index (κ1) is 31.3. The van der Waals surface area contributed by atoms with E-state index in [-0.39, 0.29) is 28.4 Å². The van der Waals surface area contributed by atoms with E-state index in [2.05, 4.69) is 33.5 Å². The minimum atomic E-state index is -1.05. The van der Waals surface area contributed by atoms with E-state index >= 15 is 4.39 Å². The number of tetrazole rings is 1. The van der Waals surface area contributed by atoms with Gasteiger partial charge >= 0.3 is 5.97 Å². The highest BCUT2D eigenvalue weighted by atomic mass is 35.5. The monoisotopic (exact) mass is 642 g/mol. The molecule has 1 aromatic heterocycles. The third-order valence-corrected chi connectivity index (χ3v) is 9.17. The molecule has 0 radical (unpaired) electrons. The quantitative estimate of drug-likeness (QED) is 0.269. The van der Waals surface area contributed by atoms with Crippen molar-refractivity contribution in [3.05, 3.63) is 111 Å². The lowest BCUT2D eigenvalue weighted by atomic mass is 9.79. The molecule has 12 heteroatoms. The van der Waals surface area contributed by atoms with Crippen molar-refractivity contribution in [2.75, 3.05) is 26.7 Å². The Balaban J connectivity index is 1.35. The summed E-state index contributed by atoms with van der Waals surface area (Å²) < 4.78 is 16.5. The van der Waals surface area contributed by atoms with Gasteiger partial charge in [-0.25, -0.2) is 9.18 Å². The van der Waals surface area contributed by atoms with Crippen LogP contribution in [-0.4, -0.2) is 79.5 Å². The number of piperidine rings is 1. The maximum atomic E-state index is 15.2. The SMILES string of the molecule is CN1CCC(c2cccc3c2CCN(C(=O)/C=C/c2c(-n4cnnn4)ccc(Cl)c2F)C3C(=O)Cc2ccc(C(=O)O)cc2)CC1. The maximum Gasteiger partial charge on any atom is 0.335 e. The van der Waals surface area contributed by atoms with Gasteiger partial charge in [0.1, 0.15) is 12.4 Å². The van der Waals surface area contributed by atoms with Gasteiger partial charge in [0, 0.05) is 24.6 Å². The summed E-state index contributed by atoms with van der Waals surface area (Å²) in [4.78, 5) is 43.2. The molecule has 2 aliphatic rings. The number of likely N-dealkylation sites (tertiary alicyclic amines) is 1. The fourth-order valence-electron chi connectivity index (χ4n) is 6.48. The summed E-state index contributed by atoms with van der Waals surface area (Å²) in [5.74, 6) is -2.08. The van der Waals surface area contributed by atoms with Crippen LogP contribution in [0.1, 0.15) is 63.0 Å². The molecule has 1 N–H and O–H groups in total. The Hall–Kier alpha value is -4.74. The molecule has 46 heavy (non-hydrogen) atoms. The van der Waals surface area contributed by atoms with Crippen molar-refractivity contribution in [3.63, 3.8) is 0 Å². The molecule has 2 aliphatic heterocycles. The largest absolute Gasteiger partial charge is 0.478 e. The lowest BCUT2D eigenvalue weighted by Crippen LogP contribution is -2.44. The van der Waals surface area contributed by atoms with Crippen LogP contribution in [0.5, 0.6) is 0 Å². The molecule has 0 spiro atoms. The Bertz CT molecular complexity index is 1800. The molecular formula is C34H32ClFN6O4. The van der Waals surface area contributed by atoms with Crippen molar-refractivity contribution in [3.8, 4) is 5.69 Å².